The van der Waals surface area contributed by atoms with Crippen molar-refractivity contribution in [2.75, 3.05) is 7.11 Å². The van der Waals surface area contributed by atoms with Gasteiger partial charge in [0.1, 0.15) is 12.6 Å². The first-order chi connectivity index (χ1) is 14.2. The van der Waals surface area contributed by atoms with Crippen LogP contribution in [0, 0.1) is 0 Å². The summed E-state index contributed by atoms with van der Waals surface area (Å²) in [6.45, 7) is 0.719. The highest BCUT2D eigenvalue weighted by Crippen LogP contribution is 2.25. The Labute approximate surface area is 165 Å². The van der Waals surface area contributed by atoms with Crippen molar-refractivity contribution in [3.63, 3.8) is 0 Å². The third kappa shape index (κ3) is 3.20. The van der Waals surface area contributed by atoms with Crippen LogP contribution in [0.2, 0.25) is 0 Å². The van der Waals surface area contributed by atoms with Gasteiger partial charge in [-0.3, -0.25) is 9.32 Å². The Morgan fingerprint density at radius 1 is 1.34 bits per heavy atom. The van der Waals surface area contributed by atoms with Crippen molar-refractivity contribution in [1.29, 1.82) is 0 Å². The zero-order chi connectivity index (χ0) is 19.8. The molecule has 0 fully saturated rings. The van der Waals surface area contributed by atoms with Gasteiger partial charge >= 0.3 is 11.7 Å². The highest BCUT2D eigenvalue weighted by Gasteiger charge is 2.36. The van der Waals surface area contributed by atoms with Gasteiger partial charge in [0.2, 0.25) is 5.88 Å². The highest BCUT2D eigenvalue weighted by atomic mass is 16.5. The first-order valence-corrected chi connectivity index (χ1v) is 9.37. The lowest BCUT2D eigenvalue weighted by Crippen LogP contribution is -2.45. The van der Waals surface area contributed by atoms with Crippen molar-refractivity contribution in [3.8, 4) is 17.3 Å². The van der Waals surface area contributed by atoms with Gasteiger partial charge < -0.3 is 10.1 Å². The van der Waals surface area contributed by atoms with Gasteiger partial charge in [-0.1, -0.05) is 4.74 Å². The van der Waals surface area contributed by atoms with Crippen LogP contribution >= 0.6 is 0 Å². The molecule has 1 N–H and O–H groups in total. The lowest BCUT2D eigenvalue weighted by Gasteiger charge is -2.16. The number of nitrogens with one attached hydrogen (secondary N) is 1. The Kier molecular flexibility index (Phi) is 4.19. The summed E-state index contributed by atoms with van der Waals surface area (Å²) in [4.78, 5) is 21.6. The van der Waals surface area contributed by atoms with E-state index in [1.807, 2.05) is 24.3 Å². The summed E-state index contributed by atoms with van der Waals surface area (Å²) in [7, 11) is 1.56. The van der Waals surface area contributed by atoms with Gasteiger partial charge in [0, 0.05) is 29.6 Å². The summed E-state index contributed by atoms with van der Waals surface area (Å²) in [6.07, 6.45) is 6.73. The van der Waals surface area contributed by atoms with Crippen molar-refractivity contribution in [3.05, 3.63) is 60.3 Å². The third-order valence-corrected chi connectivity index (χ3v) is 4.97. The molecule has 146 valence electrons. The van der Waals surface area contributed by atoms with Crippen LogP contribution in [0.3, 0.4) is 0 Å². The van der Waals surface area contributed by atoms with Crippen LogP contribution in [-0.2, 0) is 6.54 Å². The standard InChI is InChI=1S/C20H18N6O3/c1-28-17-11-13(6-8-21-17)20-24-18-16(5-3-9-26(18)29-20)23-19(27)14-10-15-4-2-7-22-25(15)12-14/h2,4,6-8,10-12,16H,3,5,9H2,1H3/p+1. The number of pyridine rings is 1. The zero-order valence-corrected chi connectivity index (χ0v) is 15.8. The summed E-state index contributed by atoms with van der Waals surface area (Å²) in [5.74, 6) is 1.50. The fourth-order valence-corrected chi connectivity index (χ4v) is 3.53. The van der Waals surface area contributed by atoms with Gasteiger partial charge in [-0.15, -0.1) is 0 Å². The van der Waals surface area contributed by atoms with Crippen LogP contribution in [0.1, 0.15) is 35.1 Å². The molecule has 1 amide bonds. The van der Waals surface area contributed by atoms with Crippen molar-refractivity contribution < 1.29 is 18.8 Å². The number of hydrogen-bond acceptors (Lipinski definition) is 6. The van der Waals surface area contributed by atoms with Gasteiger partial charge in [0.05, 0.1) is 23.8 Å². The van der Waals surface area contributed by atoms with E-state index in [0.717, 1.165) is 30.5 Å². The lowest BCUT2D eigenvalue weighted by molar-refractivity contribution is -0.872. The smallest absolute Gasteiger partial charge is 0.384 e. The normalized spacial score (nSPS) is 15.8. The Balaban J connectivity index is 1.41. The summed E-state index contributed by atoms with van der Waals surface area (Å²) in [5, 5.41) is 7.29. The maximum atomic E-state index is 12.8. The van der Waals surface area contributed by atoms with E-state index in [1.54, 1.807) is 41.0 Å². The molecule has 0 saturated carbocycles. The van der Waals surface area contributed by atoms with E-state index in [0.29, 0.717) is 23.2 Å². The number of carbonyl (C=O) groups excluding carboxylic acids is 1. The lowest BCUT2D eigenvalue weighted by atomic mass is 10.1. The number of hydrogen-bond donors (Lipinski definition) is 1. The molecule has 0 bridgehead atoms. The Hall–Kier alpha value is -3.75. The van der Waals surface area contributed by atoms with Crippen LogP contribution in [0.4, 0.5) is 0 Å². The summed E-state index contributed by atoms with van der Waals surface area (Å²) >= 11 is 0. The van der Waals surface area contributed by atoms with Gasteiger partial charge in [-0.2, -0.15) is 5.10 Å². The number of aryl methyl sites for hydroxylation is 1. The molecule has 9 heteroatoms. The van der Waals surface area contributed by atoms with Crippen molar-refractivity contribution in [2.45, 2.75) is 25.4 Å². The van der Waals surface area contributed by atoms with Gasteiger partial charge in [-0.25, -0.2) is 9.50 Å². The van der Waals surface area contributed by atoms with E-state index in [-0.39, 0.29) is 11.9 Å². The summed E-state index contributed by atoms with van der Waals surface area (Å²) in [6, 6.07) is 8.92. The molecular formula is C20H19N6O3+. The van der Waals surface area contributed by atoms with Gasteiger partial charge in [-0.05, 0) is 37.1 Å². The SMILES string of the molecule is COc1cc(-c2nc3[n+](o2)CCCC3NC(=O)c2cc3cccnn3c2)ccn1. The molecule has 1 unspecified atom stereocenters. The monoisotopic (exact) mass is 391 g/mol. The number of amides is 1. The summed E-state index contributed by atoms with van der Waals surface area (Å²) < 4.78 is 14.5. The number of aromatic nitrogens is 5. The predicted molar refractivity (Wildman–Crippen MR) is 101 cm³/mol. The van der Waals surface area contributed by atoms with E-state index >= 15 is 0 Å². The van der Waals surface area contributed by atoms with Gasteiger partial charge in [0.15, 0.2) is 0 Å². The molecule has 9 nitrogen and oxygen atoms in total. The molecule has 1 aliphatic heterocycles. The van der Waals surface area contributed by atoms with Crippen LogP contribution < -0.4 is 14.8 Å². The van der Waals surface area contributed by atoms with Gasteiger partial charge in [0.25, 0.3) is 5.91 Å². The fourth-order valence-electron chi connectivity index (χ4n) is 3.53. The average Bonchev–Trinajstić information content (AvgIpc) is 3.39. The molecule has 0 saturated heterocycles. The second-order valence-corrected chi connectivity index (χ2v) is 6.85. The van der Waals surface area contributed by atoms with E-state index in [2.05, 4.69) is 20.4 Å². The topological polar surface area (TPSA) is 98.4 Å². The Morgan fingerprint density at radius 2 is 2.28 bits per heavy atom. The summed E-state index contributed by atoms with van der Waals surface area (Å²) in [5.41, 5.74) is 2.20. The number of ether oxygens (including phenoxy) is 1. The molecule has 5 rings (SSSR count). The molecule has 0 radical (unpaired) electrons. The Morgan fingerprint density at radius 3 is 3.14 bits per heavy atom. The second kappa shape index (κ2) is 7.01. The van der Waals surface area contributed by atoms with Crippen molar-refractivity contribution in [1.82, 2.24) is 24.9 Å². The quantitative estimate of drug-likeness (QED) is 0.534. The second-order valence-electron chi connectivity index (χ2n) is 6.85. The van der Waals surface area contributed by atoms with Crippen LogP contribution in [0.15, 0.2) is 53.4 Å². The fraction of sp³-hybridized carbons (Fsp3) is 0.250. The molecular weight excluding hydrogens is 372 g/mol. The molecule has 29 heavy (non-hydrogen) atoms. The maximum Gasteiger partial charge on any atom is 0.384 e. The molecule has 4 aromatic heterocycles. The molecule has 4 aromatic rings. The van der Waals surface area contributed by atoms with Crippen LogP contribution in [0.25, 0.3) is 17.0 Å². The number of nitrogens with zero attached hydrogens (tertiary/aromatic N) is 5. The number of rotatable bonds is 4. The average molecular weight is 391 g/mol. The molecule has 5 heterocycles. The first kappa shape index (κ1) is 17.4. The zero-order valence-electron chi connectivity index (χ0n) is 15.8. The number of carbonyl (C=O) groups is 1. The first-order valence-electron chi connectivity index (χ1n) is 9.37. The third-order valence-electron chi connectivity index (χ3n) is 4.97. The largest absolute Gasteiger partial charge is 0.481 e. The molecule has 0 spiro atoms. The number of methoxy groups -OCH3 is 1. The molecule has 1 atom stereocenters. The minimum atomic E-state index is -0.228. The number of fused-ring (bicyclic) bond motifs is 2. The van der Waals surface area contributed by atoms with Crippen molar-refractivity contribution in [2.24, 2.45) is 0 Å². The van der Waals surface area contributed by atoms with Crippen LogP contribution in [0.5, 0.6) is 5.88 Å². The molecule has 0 aromatic carbocycles. The van der Waals surface area contributed by atoms with E-state index < -0.39 is 0 Å². The van der Waals surface area contributed by atoms with E-state index in [1.165, 1.54) is 0 Å². The van der Waals surface area contributed by atoms with E-state index in [9.17, 15) is 4.79 Å². The predicted octanol–water partition coefficient (Wildman–Crippen LogP) is 1.95. The van der Waals surface area contributed by atoms with Crippen LogP contribution in [-0.4, -0.2) is 32.6 Å². The highest BCUT2D eigenvalue weighted by molar-refractivity contribution is 5.95. The minimum absolute atomic E-state index is 0.163. The minimum Gasteiger partial charge on any atom is -0.481 e. The Bertz CT molecular complexity index is 1160. The molecule has 1 aliphatic rings. The van der Waals surface area contributed by atoms with E-state index in [4.69, 9.17) is 9.26 Å². The maximum absolute atomic E-state index is 12.8. The molecule has 0 aliphatic carbocycles. The van der Waals surface area contributed by atoms with Crippen molar-refractivity contribution >= 4 is 11.4 Å².